The molecule has 10 heteroatoms. The van der Waals surface area contributed by atoms with Gasteiger partial charge in [0.15, 0.2) is 5.82 Å². The van der Waals surface area contributed by atoms with Crippen LogP contribution >= 0.6 is 11.6 Å². The van der Waals surface area contributed by atoms with Gasteiger partial charge < -0.3 is 20.9 Å². The van der Waals surface area contributed by atoms with Crippen LogP contribution in [-0.2, 0) is 6.42 Å². The van der Waals surface area contributed by atoms with Crippen LogP contribution in [0.25, 0.3) is 5.52 Å². The Bertz CT molecular complexity index is 1210. The summed E-state index contributed by atoms with van der Waals surface area (Å²) in [4.78, 5) is 21.6. The molecule has 1 fully saturated rings. The molecule has 0 bridgehead atoms. The minimum Gasteiger partial charge on any atom is -0.490 e. The molecule has 1 saturated carbocycles. The van der Waals surface area contributed by atoms with Crippen molar-refractivity contribution in [2.75, 3.05) is 12.3 Å². The number of fused-ring (bicyclic) bond motifs is 1. The van der Waals surface area contributed by atoms with Gasteiger partial charge in [0.05, 0.1) is 22.4 Å². The highest BCUT2D eigenvalue weighted by Gasteiger charge is 2.41. The lowest BCUT2D eigenvalue weighted by Crippen LogP contribution is -2.34. The zero-order valence-electron chi connectivity index (χ0n) is 18.1. The standard InChI is InChI=1S/C22H25ClFN5O3/c1-11(2)32-19-13(9-15-28-12(3)18-20(25)26-6-7-29(15)18)8-14(23)17(24)16(19)21(30)27-10-22(31)4-5-22/h6-8,11,31H,4-5,9-10H2,1-3H3,(H2,25,26)(H,27,30). The van der Waals surface area contributed by atoms with Gasteiger partial charge in [-0.25, -0.2) is 14.4 Å². The molecule has 3 aromatic rings. The number of nitrogens with one attached hydrogen (secondary N) is 1. The molecular formula is C22H25ClFN5O3. The highest BCUT2D eigenvalue weighted by atomic mass is 35.5. The number of halogens is 2. The van der Waals surface area contributed by atoms with Crippen LogP contribution in [0.5, 0.6) is 5.75 Å². The predicted molar refractivity (Wildman–Crippen MR) is 119 cm³/mol. The van der Waals surface area contributed by atoms with Gasteiger partial charge in [0.1, 0.15) is 28.5 Å². The molecule has 4 N–H and O–H groups in total. The average Bonchev–Trinajstić information content (AvgIpc) is 3.37. The number of nitrogens with two attached hydrogens (primary N) is 1. The lowest BCUT2D eigenvalue weighted by atomic mass is 10.0. The van der Waals surface area contributed by atoms with Crippen molar-refractivity contribution in [3.8, 4) is 5.75 Å². The van der Waals surface area contributed by atoms with Gasteiger partial charge in [-0.1, -0.05) is 11.6 Å². The third kappa shape index (κ3) is 4.22. The molecule has 0 spiro atoms. The molecule has 1 aromatic carbocycles. The number of benzene rings is 1. The Hall–Kier alpha value is -2.91. The first-order valence-corrected chi connectivity index (χ1v) is 10.7. The Balaban J connectivity index is 1.79. The molecule has 32 heavy (non-hydrogen) atoms. The van der Waals surface area contributed by atoms with Crippen LogP contribution in [0.4, 0.5) is 10.2 Å². The topological polar surface area (TPSA) is 115 Å². The van der Waals surface area contributed by atoms with Crippen molar-refractivity contribution in [3.05, 3.63) is 51.9 Å². The van der Waals surface area contributed by atoms with Gasteiger partial charge in [0, 0.05) is 30.9 Å². The number of nitrogen functional groups attached to an aromatic ring is 1. The Labute approximate surface area is 189 Å². The molecular weight excluding hydrogens is 437 g/mol. The van der Waals surface area contributed by atoms with E-state index < -0.39 is 17.3 Å². The monoisotopic (exact) mass is 461 g/mol. The van der Waals surface area contributed by atoms with E-state index in [4.69, 9.17) is 22.1 Å². The van der Waals surface area contributed by atoms with Crippen molar-refractivity contribution < 1.29 is 19.0 Å². The van der Waals surface area contributed by atoms with Crippen molar-refractivity contribution >= 4 is 28.8 Å². The lowest BCUT2D eigenvalue weighted by Gasteiger charge is -2.20. The molecule has 4 rings (SSSR count). The molecule has 1 aliphatic rings. The van der Waals surface area contributed by atoms with Crippen molar-refractivity contribution in [2.24, 2.45) is 0 Å². The number of anilines is 1. The van der Waals surface area contributed by atoms with E-state index in [9.17, 15) is 9.90 Å². The molecule has 170 valence electrons. The van der Waals surface area contributed by atoms with Gasteiger partial charge in [-0.05, 0) is 39.7 Å². The number of carbonyl (C=O) groups excluding carboxylic acids is 1. The predicted octanol–water partition coefficient (Wildman–Crippen LogP) is 3.05. The number of ether oxygens (including phenoxy) is 1. The summed E-state index contributed by atoms with van der Waals surface area (Å²) in [5.41, 5.74) is 6.66. The van der Waals surface area contributed by atoms with Crippen LogP contribution in [0.15, 0.2) is 18.5 Å². The van der Waals surface area contributed by atoms with Gasteiger partial charge in [0.25, 0.3) is 5.91 Å². The second kappa shape index (κ2) is 8.22. The van der Waals surface area contributed by atoms with Crippen LogP contribution in [0, 0.1) is 12.7 Å². The number of hydrogen-bond donors (Lipinski definition) is 3. The minimum atomic E-state index is -0.924. The van der Waals surface area contributed by atoms with Crippen molar-refractivity contribution in [1.82, 2.24) is 19.7 Å². The summed E-state index contributed by atoms with van der Waals surface area (Å²) in [6.45, 7) is 5.42. The zero-order chi connectivity index (χ0) is 23.2. The lowest BCUT2D eigenvalue weighted by molar-refractivity contribution is 0.0885. The number of hydrogen-bond acceptors (Lipinski definition) is 6. The van der Waals surface area contributed by atoms with Crippen LogP contribution < -0.4 is 15.8 Å². The second-order valence-electron chi connectivity index (χ2n) is 8.43. The number of imidazole rings is 1. The number of aryl methyl sites for hydroxylation is 1. The van der Waals surface area contributed by atoms with Crippen molar-refractivity contribution in [2.45, 2.75) is 51.7 Å². The van der Waals surface area contributed by atoms with Crippen LogP contribution in [0.3, 0.4) is 0 Å². The smallest absolute Gasteiger partial charge is 0.258 e. The maximum absolute atomic E-state index is 15.0. The number of amides is 1. The summed E-state index contributed by atoms with van der Waals surface area (Å²) in [7, 11) is 0. The number of aliphatic hydroxyl groups is 1. The summed E-state index contributed by atoms with van der Waals surface area (Å²) in [5.74, 6) is -0.512. The molecule has 0 atom stereocenters. The fourth-order valence-corrected chi connectivity index (χ4v) is 3.86. The zero-order valence-corrected chi connectivity index (χ0v) is 18.8. The fraction of sp³-hybridized carbons (Fsp3) is 0.409. The first kappa shape index (κ1) is 22.3. The normalized spacial score (nSPS) is 14.7. The van der Waals surface area contributed by atoms with Gasteiger partial charge in [-0.3, -0.25) is 9.20 Å². The Morgan fingerprint density at radius 1 is 1.47 bits per heavy atom. The van der Waals surface area contributed by atoms with E-state index in [0.717, 1.165) is 0 Å². The van der Waals surface area contributed by atoms with E-state index in [-0.39, 0.29) is 35.4 Å². The molecule has 1 aliphatic carbocycles. The average molecular weight is 462 g/mol. The summed E-state index contributed by atoms with van der Waals surface area (Å²) < 4.78 is 22.7. The first-order chi connectivity index (χ1) is 15.1. The maximum Gasteiger partial charge on any atom is 0.258 e. The van der Waals surface area contributed by atoms with Crippen LogP contribution in [0.1, 0.15) is 54.1 Å². The van der Waals surface area contributed by atoms with Crippen LogP contribution in [0.2, 0.25) is 5.02 Å². The Kier molecular flexibility index (Phi) is 5.72. The highest BCUT2D eigenvalue weighted by molar-refractivity contribution is 6.31. The SMILES string of the molecule is Cc1nc(Cc2cc(Cl)c(F)c(C(=O)NCC3(O)CC3)c2OC(C)C)n2ccnc(N)c12. The molecule has 0 saturated heterocycles. The third-order valence-electron chi connectivity index (χ3n) is 5.41. The summed E-state index contributed by atoms with van der Waals surface area (Å²) in [6, 6.07) is 1.45. The first-order valence-electron chi connectivity index (χ1n) is 10.4. The Morgan fingerprint density at radius 3 is 2.84 bits per heavy atom. The molecule has 2 heterocycles. The van der Waals surface area contributed by atoms with Gasteiger partial charge in [0.2, 0.25) is 0 Å². The van der Waals surface area contributed by atoms with E-state index in [0.29, 0.717) is 41.3 Å². The molecule has 0 radical (unpaired) electrons. The molecule has 8 nitrogen and oxygen atoms in total. The molecule has 1 amide bonds. The largest absolute Gasteiger partial charge is 0.490 e. The third-order valence-corrected chi connectivity index (χ3v) is 5.69. The van der Waals surface area contributed by atoms with E-state index in [1.165, 1.54) is 6.07 Å². The second-order valence-corrected chi connectivity index (χ2v) is 8.84. The Morgan fingerprint density at radius 2 is 2.19 bits per heavy atom. The van der Waals surface area contributed by atoms with Gasteiger partial charge in [-0.15, -0.1) is 0 Å². The summed E-state index contributed by atoms with van der Waals surface area (Å²) >= 11 is 6.17. The number of rotatable bonds is 7. The minimum absolute atomic E-state index is 0.0323. The maximum atomic E-state index is 15.0. The summed E-state index contributed by atoms with van der Waals surface area (Å²) in [6.07, 6.45) is 4.38. The van der Waals surface area contributed by atoms with Crippen LogP contribution in [-0.4, -0.2) is 43.6 Å². The summed E-state index contributed by atoms with van der Waals surface area (Å²) in [5, 5.41) is 12.4. The van der Waals surface area contributed by atoms with Gasteiger partial charge in [-0.2, -0.15) is 0 Å². The molecule has 0 unspecified atom stereocenters. The van der Waals surface area contributed by atoms with E-state index in [1.54, 1.807) is 30.6 Å². The van der Waals surface area contributed by atoms with Crippen molar-refractivity contribution in [3.63, 3.8) is 0 Å². The molecule has 2 aromatic heterocycles. The number of carbonyl (C=O) groups is 1. The number of nitrogens with zero attached hydrogens (tertiary/aromatic N) is 3. The van der Waals surface area contributed by atoms with Gasteiger partial charge >= 0.3 is 0 Å². The number of aromatic nitrogens is 3. The quantitative estimate of drug-likeness (QED) is 0.498. The highest BCUT2D eigenvalue weighted by Crippen LogP contribution is 2.36. The van der Waals surface area contributed by atoms with E-state index in [1.807, 2.05) is 6.92 Å². The molecule has 0 aliphatic heterocycles. The van der Waals surface area contributed by atoms with E-state index in [2.05, 4.69) is 15.3 Å². The van der Waals surface area contributed by atoms with Crippen molar-refractivity contribution in [1.29, 1.82) is 0 Å². The fourth-order valence-electron chi connectivity index (χ4n) is 3.63. The van der Waals surface area contributed by atoms with E-state index >= 15 is 4.39 Å².